The Morgan fingerprint density at radius 2 is 1.86 bits per heavy atom. The van der Waals surface area contributed by atoms with E-state index in [2.05, 4.69) is 60.0 Å². The van der Waals surface area contributed by atoms with Crippen LogP contribution in [0.2, 0.25) is 0 Å². The molecular formula is C14H19Br3N2O2. The average molecular weight is 487 g/mol. The number of anilines is 1. The number of hydrogen-bond acceptors (Lipinski definition) is 3. The lowest BCUT2D eigenvalue weighted by atomic mass is 10.3. The predicted octanol–water partition coefficient (Wildman–Crippen LogP) is 4.01. The lowest BCUT2D eigenvalue weighted by Gasteiger charge is -2.21. The van der Waals surface area contributed by atoms with E-state index in [4.69, 9.17) is 5.11 Å². The molecule has 0 aliphatic heterocycles. The first kappa shape index (κ1) is 19.1. The van der Waals surface area contributed by atoms with Crippen molar-refractivity contribution in [3.8, 4) is 0 Å². The number of halogens is 3. The molecule has 0 saturated heterocycles. The van der Waals surface area contributed by atoms with E-state index in [9.17, 15) is 4.79 Å². The van der Waals surface area contributed by atoms with Gasteiger partial charge in [-0.2, -0.15) is 0 Å². The van der Waals surface area contributed by atoms with Gasteiger partial charge < -0.3 is 10.4 Å². The Morgan fingerprint density at radius 1 is 1.24 bits per heavy atom. The van der Waals surface area contributed by atoms with Crippen molar-refractivity contribution >= 4 is 59.4 Å². The molecule has 0 aliphatic rings. The zero-order valence-electron chi connectivity index (χ0n) is 11.8. The molecule has 0 bridgehead atoms. The van der Waals surface area contributed by atoms with Crippen LogP contribution in [0.25, 0.3) is 0 Å². The standard InChI is InChI=1S/C14H19Br3N2O2/c1-2-3-4-19(5-6-20)9-13(21)18-14-11(16)7-10(15)8-12(14)17/h7-8,20H,2-6,9H2,1H3,(H,18,21). The number of aliphatic hydroxyl groups excluding tert-OH is 1. The molecule has 0 heterocycles. The second kappa shape index (κ2) is 9.94. The highest BCUT2D eigenvalue weighted by Gasteiger charge is 2.13. The molecule has 118 valence electrons. The van der Waals surface area contributed by atoms with Crippen molar-refractivity contribution < 1.29 is 9.90 Å². The van der Waals surface area contributed by atoms with E-state index in [1.807, 2.05) is 17.0 Å². The number of nitrogens with one attached hydrogen (secondary N) is 1. The minimum absolute atomic E-state index is 0.0582. The Hall–Kier alpha value is 0.0500. The fraction of sp³-hybridized carbons (Fsp3) is 0.500. The van der Waals surface area contributed by atoms with Gasteiger partial charge in [-0.15, -0.1) is 0 Å². The van der Waals surface area contributed by atoms with Crippen LogP contribution in [0.4, 0.5) is 5.69 Å². The van der Waals surface area contributed by atoms with Crippen LogP contribution in [0.1, 0.15) is 19.8 Å². The first-order valence-corrected chi connectivity index (χ1v) is 9.13. The summed E-state index contributed by atoms with van der Waals surface area (Å²) < 4.78 is 2.53. The van der Waals surface area contributed by atoms with Gasteiger partial charge in [0, 0.05) is 20.0 Å². The van der Waals surface area contributed by atoms with E-state index >= 15 is 0 Å². The van der Waals surface area contributed by atoms with Gasteiger partial charge in [-0.1, -0.05) is 29.3 Å². The number of rotatable bonds is 8. The number of carbonyl (C=O) groups is 1. The molecule has 0 unspecified atom stereocenters. The molecule has 1 rings (SSSR count). The lowest BCUT2D eigenvalue weighted by Crippen LogP contribution is -2.36. The van der Waals surface area contributed by atoms with Gasteiger partial charge >= 0.3 is 0 Å². The zero-order valence-corrected chi connectivity index (χ0v) is 16.6. The van der Waals surface area contributed by atoms with Crippen LogP contribution < -0.4 is 5.32 Å². The molecule has 4 nitrogen and oxygen atoms in total. The molecule has 0 spiro atoms. The van der Waals surface area contributed by atoms with E-state index in [1.54, 1.807) is 0 Å². The number of nitrogens with zero attached hydrogens (tertiary/aromatic N) is 1. The topological polar surface area (TPSA) is 52.6 Å². The summed E-state index contributed by atoms with van der Waals surface area (Å²) in [6.07, 6.45) is 2.08. The van der Waals surface area contributed by atoms with Crippen LogP contribution in [-0.2, 0) is 4.79 Å². The summed E-state index contributed by atoms with van der Waals surface area (Å²) in [5.74, 6) is -0.0942. The van der Waals surface area contributed by atoms with Gasteiger partial charge in [0.1, 0.15) is 0 Å². The Balaban J connectivity index is 2.67. The van der Waals surface area contributed by atoms with E-state index in [-0.39, 0.29) is 19.1 Å². The molecular weight excluding hydrogens is 468 g/mol. The average Bonchev–Trinajstić information content (AvgIpc) is 2.40. The van der Waals surface area contributed by atoms with Crippen LogP contribution in [0.5, 0.6) is 0 Å². The lowest BCUT2D eigenvalue weighted by molar-refractivity contribution is -0.117. The Bertz CT molecular complexity index is 460. The zero-order chi connectivity index (χ0) is 15.8. The molecule has 0 atom stereocenters. The van der Waals surface area contributed by atoms with Crippen molar-refractivity contribution in [3.63, 3.8) is 0 Å². The Morgan fingerprint density at radius 3 is 2.38 bits per heavy atom. The van der Waals surface area contributed by atoms with Crippen molar-refractivity contribution in [2.75, 3.05) is 31.6 Å². The van der Waals surface area contributed by atoms with Gasteiger partial charge in [0.25, 0.3) is 0 Å². The fourth-order valence-corrected chi connectivity index (χ4v) is 4.29. The van der Waals surface area contributed by atoms with Crippen LogP contribution in [-0.4, -0.2) is 42.2 Å². The fourth-order valence-electron chi connectivity index (χ4n) is 1.84. The second-order valence-corrected chi connectivity index (χ2v) is 7.27. The number of benzene rings is 1. The van der Waals surface area contributed by atoms with Gasteiger partial charge in [-0.05, 0) is 57.0 Å². The van der Waals surface area contributed by atoms with E-state index in [0.29, 0.717) is 12.2 Å². The van der Waals surface area contributed by atoms with Gasteiger partial charge in [0.05, 0.1) is 18.8 Å². The first-order valence-electron chi connectivity index (χ1n) is 6.75. The van der Waals surface area contributed by atoms with Crippen molar-refractivity contribution in [1.29, 1.82) is 0 Å². The smallest absolute Gasteiger partial charge is 0.238 e. The van der Waals surface area contributed by atoms with Crippen LogP contribution >= 0.6 is 47.8 Å². The second-order valence-electron chi connectivity index (χ2n) is 4.65. The largest absolute Gasteiger partial charge is 0.395 e. The number of carbonyl (C=O) groups excluding carboxylic acids is 1. The van der Waals surface area contributed by atoms with Crippen LogP contribution in [0, 0.1) is 0 Å². The molecule has 0 radical (unpaired) electrons. The SMILES string of the molecule is CCCCN(CCO)CC(=O)Nc1c(Br)cc(Br)cc1Br. The third-order valence-corrected chi connectivity index (χ3v) is 4.59. The maximum Gasteiger partial charge on any atom is 0.238 e. The summed E-state index contributed by atoms with van der Waals surface area (Å²) in [5.41, 5.74) is 0.711. The number of hydrogen-bond donors (Lipinski definition) is 2. The molecule has 1 aromatic carbocycles. The summed E-state index contributed by atoms with van der Waals surface area (Å²) >= 11 is 10.3. The molecule has 0 saturated carbocycles. The van der Waals surface area contributed by atoms with E-state index in [1.165, 1.54) is 0 Å². The van der Waals surface area contributed by atoms with E-state index < -0.39 is 0 Å². The highest BCUT2D eigenvalue weighted by atomic mass is 79.9. The maximum absolute atomic E-state index is 12.2. The number of amides is 1. The normalized spacial score (nSPS) is 11.0. The number of unbranched alkanes of at least 4 members (excludes halogenated alkanes) is 1. The molecule has 1 amide bonds. The van der Waals surface area contributed by atoms with Crippen molar-refractivity contribution in [2.24, 2.45) is 0 Å². The van der Waals surface area contributed by atoms with Crippen molar-refractivity contribution in [3.05, 3.63) is 25.6 Å². The summed E-state index contributed by atoms with van der Waals surface area (Å²) in [6, 6.07) is 3.76. The quantitative estimate of drug-likeness (QED) is 0.584. The molecule has 7 heteroatoms. The molecule has 2 N–H and O–H groups in total. The van der Waals surface area contributed by atoms with E-state index in [0.717, 1.165) is 32.8 Å². The number of aliphatic hydroxyl groups is 1. The van der Waals surface area contributed by atoms with Crippen LogP contribution in [0.3, 0.4) is 0 Å². The predicted molar refractivity (Wildman–Crippen MR) is 96.6 cm³/mol. The first-order chi connectivity index (χ1) is 9.97. The summed E-state index contributed by atoms with van der Waals surface area (Å²) in [6.45, 7) is 3.76. The van der Waals surface area contributed by atoms with Gasteiger partial charge in [0.15, 0.2) is 0 Å². The minimum atomic E-state index is -0.0942. The summed E-state index contributed by atoms with van der Waals surface area (Å²) in [4.78, 5) is 14.1. The van der Waals surface area contributed by atoms with Gasteiger partial charge in [-0.3, -0.25) is 9.69 Å². The molecule has 1 aromatic rings. The summed E-state index contributed by atoms with van der Waals surface area (Å²) in [5, 5.41) is 12.0. The molecule has 21 heavy (non-hydrogen) atoms. The minimum Gasteiger partial charge on any atom is -0.395 e. The maximum atomic E-state index is 12.2. The van der Waals surface area contributed by atoms with Gasteiger partial charge in [-0.25, -0.2) is 0 Å². The third kappa shape index (κ3) is 6.78. The highest BCUT2D eigenvalue weighted by molar-refractivity contribution is 9.11. The molecule has 0 fully saturated rings. The third-order valence-electron chi connectivity index (χ3n) is 2.88. The van der Waals surface area contributed by atoms with Crippen molar-refractivity contribution in [2.45, 2.75) is 19.8 Å². The molecule has 0 aromatic heterocycles. The van der Waals surface area contributed by atoms with Gasteiger partial charge in [0.2, 0.25) is 5.91 Å². The highest BCUT2D eigenvalue weighted by Crippen LogP contribution is 2.34. The van der Waals surface area contributed by atoms with Crippen molar-refractivity contribution in [1.82, 2.24) is 4.90 Å². The van der Waals surface area contributed by atoms with Crippen LogP contribution in [0.15, 0.2) is 25.6 Å². The Kier molecular flexibility index (Phi) is 9.04. The molecule has 0 aliphatic carbocycles. The summed E-state index contributed by atoms with van der Waals surface area (Å²) in [7, 11) is 0. The monoisotopic (exact) mass is 484 g/mol. The Labute approximate surface area is 150 Å².